The molecule has 2 N–H and O–H groups in total. The van der Waals surface area contributed by atoms with Gasteiger partial charge in [0.05, 0.1) is 11.9 Å². The maximum atomic E-state index is 13.2. The minimum Gasteiger partial charge on any atom is -0.337 e. The van der Waals surface area contributed by atoms with E-state index < -0.39 is 0 Å². The van der Waals surface area contributed by atoms with E-state index >= 15 is 0 Å². The van der Waals surface area contributed by atoms with Crippen molar-refractivity contribution in [3.8, 4) is 16.8 Å². The molecule has 196 valence electrons. The van der Waals surface area contributed by atoms with Crippen molar-refractivity contribution in [2.75, 3.05) is 5.32 Å². The maximum Gasteiger partial charge on any atom is 0.258 e. The summed E-state index contributed by atoms with van der Waals surface area (Å²) < 4.78 is 1.89. The molecule has 0 unspecified atom stereocenters. The van der Waals surface area contributed by atoms with Crippen molar-refractivity contribution in [1.82, 2.24) is 24.6 Å². The van der Waals surface area contributed by atoms with Crippen LogP contribution in [0.5, 0.6) is 0 Å². The number of H-pyrrole nitrogens is 1. The van der Waals surface area contributed by atoms with Crippen molar-refractivity contribution in [2.24, 2.45) is 0 Å². The largest absolute Gasteiger partial charge is 0.337 e. The van der Waals surface area contributed by atoms with E-state index in [-0.39, 0.29) is 11.8 Å². The van der Waals surface area contributed by atoms with Crippen LogP contribution in [-0.4, -0.2) is 48.5 Å². The number of aryl methyl sites for hydroxylation is 1. The molecule has 8 nitrogen and oxygen atoms in total. The highest BCUT2D eigenvalue weighted by Gasteiger charge is 2.28. The molecule has 8 heteroatoms. The first-order chi connectivity index (χ1) is 18.5. The zero-order chi connectivity index (χ0) is 26.5. The lowest BCUT2D eigenvalue weighted by atomic mass is 9.97. The van der Waals surface area contributed by atoms with Gasteiger partial charge in [0.2, 0.25) is 11.9 Å². The van der Waals surface area contributed by atoms with Crippen LogP contribution in [-0.2, 0) is 11.2 Å². The molecule has 4 aromatic rings. The molecule has 2 atom stereocenters. The van der Waals surface area contributed by atoms with Crippen LogP contribution in [0.2, 0.25) is 0 Å². The number of benzene rings is 2. The van der Waals surface area contributed by atoms with Gasteiger partial charge in [0.15, 0.2) is 0 Å². The van der Waals surface area contributed by atoms with Crippen LogP contribution in [0.3, 0.4) is 0 Å². The Kier molecular flexibility index (Phi) is 7.67. The summed E-state index contributed by atoms with van der Waals surface area (Å²) in [4.78, 5) is 33.0. The Bertz CT molecular complexity index is 1370. The number of aromatic nitrogens is 4. The molecule has 0 spiro atoms. The second-order valence-electron chi connectivity index (χ2n) is 10.1. The number of nitrogens with zero attached hydrogens (tertiary/aromatic N) is 4. The fraction of sp³-hybridized carbons (Fsp3) is 0.333. The molecular formula is C30H34N6O2. The number of rotatable bonds is 8. The minimum atomic E-state index is -0.243. The summed E-state index contributed by atoms with van der Waals surface area (Å²) in [5.41, 5.74) is 4.09. The van der Waals surface area contributed by atoms with Gasteiger partial charge >= 0.3 is 0 Å². The van der Waals surface area contributed by atoms with Crippen molar-refractivity contribution in [2.45, 2.75) is 64.5 Å². The van der Waals surface area contributed by atoms with Crippen molar-refractivity contribution in [3.05, 3.63) is 84.4 Å². The van der Waals surface area contributed by atoms with Gasteiger partial charge in [-0.2, -0.15) is 5.10 Å². The smallest absolute Gasteiger partial charge is 0.258 e. The van der Waals surface area contributed by atoms with Crippen LogP contribution in [0, 0.1) is 0 Å². The SMILES string of the molecule is C[C@@H]1CCC[C@H](C)N1C(=O)CCCc1cn(-c2ccccc2)c(NC(=O)c2cccc(-c3cn[nH]c3)c2)n1. The minimum absolute atomic E-state index is 0.221. The summed E-state index contributed by atoms with van der Waals surface area (Å²) >= 11 is 0. The number of nitrogens with one attached hydrogen (secondary N) is 2. The first-order valence-corrected chi connectivity index (χ1v) is 13.3. The zero-order valence-electron chi connectivity index (χ0n) is 21.9. The van der Waals surface area contributed by atoms with Gasteiger partial charge in [-0.3, -0.25) is 24.6 Å². The molecule has 1 aliphatic heterocycles. The van der Waals surface area contributed by atoms with Gasteiger partial charge in [-0.1, -0.05) is 30.3 Å². The van der Waals surface area contributed by atoms with Crippen LogP contribution in [0.15, 0.2) is 73.2 Å². The standard InChI is InChI=1S/C30H34N6O2/c1-21-9-6-10-22(2)36(21)28(37)16-8-13-26-20-35(27-14-4-3-5-15-27)30(33-26)34-29(38)24-12-7-11-23(17-24)25-18-31-32-19-25/h3-5,7,11-12,14-15,17-22H,6,8-10,13,16H2,1-2H3,(H,31,32)(H,33,34,38)/t21-,22+. The lowest BCUT2D eigenvalue weighted by molar-refractivity contribution is -0.137. The Morgan fingerprint density at radius 1 is 1.03 bits per heavy atom. The van der Waals surface area contributed by atoms with Crippen molar-refractivity contribution in [1.29, 1.82) is 0 Å². The van der Waals surface area contributed by atoms with Gasteiger partial charge in [0.1, 0.15) is 0 Å². The Hall–Kier alpha value is -4.20. The Labute approximate surface area is 223 Å². The Balaban J connectivity index is 1.31. The zero-order valence-corrected chi connectivity index (χ0v) is 21.9. The highest BCUT2D eigenvalue weighted by atomic mass is 16.2. The third-order valence-electron chi connectivity index (χ3n) is 7.28. The number of carbonyl (C=O) groups is 2. The van der Waals surface area contributed by atoms with E-state index in [1.165, 1.54) is 6.42 Å². The third-order valence-corrected chi connectivity index (χ3v) is 7.28. The van der Waals surface area contributed by atoms with E-state index in [1.807, 2.05) is 59.3 Å². The number of para-hydroxylation sites is 1. The second kappa shape index (κ2) is 11.5. The summed E-state index contributed by atoms with van der Waals surface area (Å²) in [6, 6.07) is 17.8. The monoisotopic (exact) mass is 510 g/mol. The molecule has 0 radical (unpaired) electrons. The summed E-state index contributed by atoms with van der Waals surface area (Å²) in [5, 5.41) is 9.79. The van der Waals surface area contributed by atoms with Gasteiger partial charge in [-0.05, 0) is 75.8 Å². The third kappa shape index (κ3) is 5.69. The summed E-state index contributed by atoms with van der Waals surface area (Å²) in [6.07, 6.45) is 10.7. The molecule has 2 aromatic heterocycles. The lowest BCUT2D eigenvalue weighted by Gasteiger charge is -2.39. The Morgan fingerprint density at radius 3 is 2.55 bits per heavy atom. The molecule has 0 aliphatic carbocycles. The fourth-order valence-electron chi connectivity index (χ4n) is 5.31. The van der Waals surface area contributed by atoms with E-state index in [4.69, 9.17) is 4.98 Å². The summed E-state index contributed by atoms with van der Waals surface area (Å²) in [7, 11) is 0. The predicted molar refractivity (Wildman–Crippen MR) is 148 cm³/mol. The van der Waals surface area contributed by atoms with Gasteiger partial charge in [0.25, 0.3) is 5.91 Å². The van der Waals surface area contributed by atoms with Crippen molar-refractivity contribution < 1.29 is 9.59 Å². The lowest BCUT2D eigenvalue weighted by Crippen LogP contribution is -2.47. The fourth-order valence-corrected chi connectivity index (χ4v) is 5.31. The number of hydrogen-bond acceptors (Lipinski definition) is 4. The predicted octanol–water partition coefficient (Wildman–Crippen LogP) is 5.63. The summed E-state index contributed by atoms with van der Waals surface area (Å²) in [6.45, 7) is 4.30. The highest BCUT2D eigenvalue weighted by Crippen LogP contribution is 2.25. The number of hydrogen-bond donors (Lipinski definition) is 2. The van der Waals surface area contributed by atoms with Gasteiger partial charge in [0, 0.05) is 47.7 Å². The van der Waals surface area contributed by atoms with Crippen molar-refractivity contribution >= 4 is 17.8 Å². The number of likely N-dealkylation sites (tertiary alicyclic amines) is 1. The molecule has 0 bridgehead atoms. The van der Waals surface area contributed by atoms with Crippen LogP contribution in [0.25, 0.3) is 16.8 Å². The number of piperidine rings is 1. The van der Waals surface area contributed by atoms with Crippen LogP contribution < -0.4 is 5.32 Å². The average Bonchev–Trinajstić information content (AvgIpc) is 3.60. The molecule has 38 heavy (non-hydrogen) atoms. The first kappa shape index (κ1) is 25.4. The van der Waals surface area contributed by atoms with Gasteiger partial charge in [-0.25, -0.2) is 4.98 Å². The van der Waals surface area contributed by atoms with Crippen LogP contribution >= 0.6 is 0 Å². The number of carbonyl (C=O) groups excluding carboxylic acids is 2. The van der Waals surface area contributed by atoms with E-state index in [0.717, 1.165) is 35.3 Å². The van der Waals surface area contributed by atoms with Crippen LogP contribution in [0.1, 0.15) is 62.0 Å². The van der Waals surface area contributed by atoms with Crippen molar-refractivity contribution in [3.63, 3.8) is 0 Å². The molecule has 2 amide bonds. The van der Waals surface area contributed by atoms with Gasteiger partial charge in [-0.15, -0.1) is 0 Å². The number of amides is 2. The molecule has 1 aliphatic rings. The summed E-state index contributed by atoms with van der Waals surface area (Å²) in [5.74, 6) is 0.431. The highest BCUT2D eigenvalue weighted by molar-refractivity contribution is 6.04. The van der Waals surface area contributed by atoms with E-state index in [9.17, 15) is 9.59 Å². The topological polar surface area (TPSA) is 95.9 Å². The number of imidazole rings is 1. The quantitative estimate of drug-likeness (QED) is 0.321. The average molecular weight is 511 g/mol. The molecule has 2 aromatic carbocycles. The van der Waals surface area contributed by atoms with E-state index in [2.05, 4.69) is 34.3 Å². The van der Waals surface area contributed by atoms with Crippen LogP contribution in [0.4, 0.5) is 5.95 Å². The van der Waals surface area contributed by atoms with Gasteiger partial charge < -0.3 is 4.90 Å². The molecule has 5 rings (SSSR count). The van der Waals surface area contributed by atoms with E-state index in [0.29, 0.717) is 42.9 Å². The molecule has 3 heterocycles. The first-order valence-electron chi connectivity index (χ1n) is 13.3. The normalized spacial score (nSPS) is 17.4. The maximum absolute atomic E-state index is 13.2. The molecular weight excluding hydrogens is 476 g/mol. The number of anilines is 1. The molecule has 1 saturated heterocycles. The molecule has 0 saturated carbocycles. The second-order valence-corrected chi connectivity index (χ2v) is 10.1. The number of aromatic amines is 1. The Morgan fingerprint density at radius 2 is 1.82 bits per heavy atom. The molecule has 1 fully saturated rings. The van der Waals surface area contributed by atoms with E-state index in [1.54, 1.807) is 18.5 Å².